The molecule has 0 bridgehead atoms. The van der Waals surface area contributed by atoms with Gasteiger partial charge in [-0.1, -0.05) is 29.4 Å². The molecule has 25 heavy (non-hydrogen) atoms. The zero-order valence-corrected chi connectivity index (χ0v) is 13.3. The summed E-state index contributed by atoms with van der Waals surface area (Å²) in [4.78, 5) is 12.2. The smallest absolute Gasteiger partial charge is 0.356 e. The van der Waals surface area contributed by atoms with Gasteiger partial charge in [-0.2, -0.15) is 13.2 Å². The van der Waals surface area contributed by atoms with E-state index in [-0.39, 0.29) is 12.3 Å². The summed E-state index contributed by atoms with van der Waals surface area (Å²) < 4.78 is 43.5. The van der Waals surface area contributed by atoms with E-state index >= 15 is 0 Å². The first kappa shape index (κ1) is 17.0. The lowest BCUT2D eigenvalue weighted by Crippen LogP contribution is -2.28. The number of nitrogens with zero attached hydrogens (tertiary/aromatic N) is 1. The molecule has 0 spiro atoms. The number of hydrogen-bond donors (Lipinski definition) is 1. The van der Waals surface area contributed by atoms with Gasteiger partial charge in [-0.3, -0.25) is 4.79 Å². The van der Waals surface area contributed by atoms with E-state index in [0.717, 1.165) is 17.5 Å². The number of hydrogen-bond acceptors (Lipinski definition) is 3. The van der Waals surface area contributed by atoms with Crippen molar-refractivity contribution in [2.24, 2.45) is 0 Å². The maximum atomic E-state index is 12.8. The molecule has 3 aromatic rings. The molecule has 1 N–H and O–H groups in total. The first-order valence-electron chi connectivity index (χ1n) is 7.64. The van der Waals surface area contributed by atoms with Crippen LogP contribution in [0, 0.1) is 0 Å². The summed E-state index contributed by atoms with van der Waals surface area (Å²) in [6.45, 7) is 1.63. The minimum atomic E-state index is -4.42. The van der Waals surface area contributed by atoms with Gasteiger partial charge in [0.25, 0.3) is 0 Å². The lowest BCUT2D eigenvalue weighted by Gasteiger charge is -2.16. The van der Waals surface area contributed by atoms with Crippen LogP contribution in [-0.2, 0) is 17.4 Å². The van der Waals surface area contributed by atoms with Crippen LogP contribution in [0.15, 0.2) is 53.1 Å². The molecule has 130 valence electrons. The Labute approximate surface area is 141 Å². The van der Waals surface area contributed by atoms with Crippen LogP contribution in [0.5, 0.6) is 0 Å². The van der Waals surface area contributed by atoms with Crippen molar-refractivity contribution in [2.45, 2.75) is 25.6 Å². The Bertz CT molecular complexity index is 902. The van der Waals surface area contributed by atoms with Crippen LogP contribution in [0.2, 0.25) is 0 Å². The maximum Gasteiger partial charge on any atom is 0.416 e. The number of halogens is 3. The van der Waals surface area contributed by atoms with Crippen molar-refractivity contribution in [1.82, 2.24) is 10.5 Å². The summed E-state index contributed by atoms with van der Waals surface area (Å²) >= 11 is 0. The molecular weight excluding hydrogens is 333 g/mol. The average molecular weight is 348 g/mol. The highest BCUT2D eigenvalue weighted by molar-refractivity contribution is 5.86. The van der Waals surface area contributed by atoms with Crippen molar-refractivity contribution >= 4 is 16.9 Å². The summed E-state index contributed by atoms with van der Waals surface area (Å²) in [6.07, 6.45) is -4.43. The molecule has 0 unspecified atom stereocenters. The Kier molecular flexibility index (Phi) is 4.48. The summed E-state index contributed by atoms with van der Waals surface area (Å²) in [7, 11) is 0. The van der Waals surface area contributed by atoms with E-state index in [1.54, 1.807) is 31.2 Å². The van der Waals surface area contributed by atoms with Gasteiger partial charge in [0.15, 0.2) is 5.58 Å². The molecule has 0 saturated heterocycles. The first-order chi connectivity index (χ1) is 11.8. The van der Waals surface area contributed by atoms with Crippen molar-refractivity contribution in [2.75, 3.05) is 0 Å². The lowest BCUT2D eigenvalue weighted by molar-refractivity contribution is -0.137. The SMILES string of the molecule is C[C@H](NC(=O)Cc1noc2ccccc12)c1cccc(C(F)(F)F)c1. The molecule has 4 nitrogen and oxygen atoms in total. The predicted molar refractivity (Wildman–Crippen MR) is 85.7 cm³/mol. The van der Waals surface area contributed by atoms with Gasteiger partial charge in [0.2, 0.25) is 5.91 Å². The summed E-state index contributed by atoms with van der Waals surface area (Å²) in [5, 5.41) is 7.31. The number of rotatable bonds is 4. The Hall–Kier alpha value is -2.83. The number of fused-ring (bicyclic) bond motifs is 1. The van der Waals surface area contributed by atoms with Gasteiger partial charge in [0.1, 0.15) is 5.69 Å². The Balaban J connectivity index is 1.70. The largest absolute Gasteiger partial charge is 0.416 e. The molecule has 7 heteroatoms. The van der Waals surface area contributed by atoms with Crippen LogP contribution >= 0.6 is 0 Å². The van der Waals surface area contributed by atoms with Crippen LogP contribution < -0.4 is 5.32 Å². The molecule has 0 saturated carbocycles. The third-order valence-corrected chi connectivity index (χ3v) is 3.87. The molecule has 1 amide bonds. The number of nitrogens with one attached hydrogen (secondary N) is 1. The number of benzene rings is 2. The molecule has 0 aliphatic heterocycles. The van der Waals surface area contributed by atoms with E-state index in [1.807, 2.05) is 6.07 Å². The normalized spacial score (nSPS) is 13.0. The number of para-hydroxylation sites is 1. The standard InChI is InChI=1S/C18H15F3N2O2/c1-11(12-5-4-6-13(9-12)18(19,20)21)22-17(24)10-15-14-7-2-3-8-16(14)25-23-15/h2-9,11H,10H2,1H3,(H,22,24)/t11-/m0/s1. The highest BCUT2D eigenvalue weighted by Crippen LogP contribution is 2.30. The second-order valence-corrected chi connectivity index (χ2v) is 5.71. The highest BCUT2D eigenvalue weighted by atomic mass is 19.4. The fourth-order valence-corrected chi connectivity index (χ4v) is 2.58. The van der Waals surface area contributed by atoms with Crippen LogP contribution in [0.3, 0.4) is 0 Å². The Morgan fingerprint density at radius 3 is 2.72 bits per heavy atom. The number of alkyl halides is 3. The molecular formula is C18H15F3N2O2. The summed E-state index contributed by atoms with van der Waals surface area (Å²) in [5.74, 6) is -0.344. The third-order valence-electron chi connectivity index (χ3n) is 3.87. The fourth-order valence-electron chi connectivity index (χ4n) is 2.58. The third kappa shape index (κ3) is 3.81. The van der Waals surface area contributed by atoms with E-state index in [4.69, 9.17) is 4.52 Å². The minimum Gasteiger partial charge on any atom is -0.356 e. The molecule has 1 atom stereocenters. The Morgan fingerprint density at radius 1 is 1.20 bits per heavy atom. The van der Waals surface area contributed by atoms with Gasteiger partial charge < -0.3 is 9.84 Å². The van der Waals surface area contributed by atoms with Gasteiger partial charge in [0.05, 0.1) is 18.0 Å². The number of carbonyl (C=O) groups is 1. The van der Waals surface area contributed by atoms with Gasteiger partial charge in [0, 0.05) is 5.39 Å². The number of carbonyl (C=O) groups excluding carboxylic acids is 1. The van der Waals surface area contributed by atoms with E-state index in [1.165, 1.54) is 6.07 Å². The monoisotopic (exact) mass is 348 g/mol. The first-order valence-corrected chi connectivity index (χ1v) is 7.64. The molecule has 2 aromatic carbocycles. The molecule has 3 rings (SSSR count). The van der Waals surface area contributed by atoms with E-state index in [9.17, 15) is 18.0 Å². The Morgan fingerprint density at radius 2 is 1.96 bits per heavy atom. The molecule has 1 aromatic heterocycles. The van der Waals surface area contributed by atoms with Crippen molar-refractivity contribution < 1.29 is 22.5 Å². The zero-order chi connectivity index (χ0) is 18.0. The van der Waals surface area contributed by atoms with Gasteiger partial charge in [-0.25, -0.2) is 0 Å². The molecule has 0 aliphatic carbocycles. The topological polar surface area (TPSA) is 55.1 Å². The van der Waals surface area contributed by atoms with Crippen molar-refractivity contribution in [3.8, 4) is 0 Å². The maximum absolute atomic E-state index is 12.8. The summed E-state index contributed by atoms with van der Waals surface area (Å²) in [5.41, 5.74) is 0.711. The van der Waals surface area contributed by atoms with Crippen LogP contribution in [0.4, 0.5) is 13.2 Å². The molecule has 0 radical (unpaired) electrons. The van der Waals surface area contributed by atoms with Crippen molar-refractivity contribution in [3.05, 3.63) is 65.4 Å². The van der Waals surface area contributed by atoms with Crippen LogP contribution in [0.1, 0.15) is 29.8 Å². The minimum absolute atomic E-state index is 0.0136. The van der Waals surface area contributed by atoms with Crippen molar-refractivity contribution in [1.29, 1.82) is 0 Å². The zero-order valence-electron chi connectivity index (χ0n) is 13.3. The van der Waals surface area contributed by atoms with Gasteiger partial charge in [-0.15, -0.1) is 0 Å². The summed E-state index contributed by atoms with van der Waals surface area (Å²) in [6, 6.07) is 11.5. The highest BCUT2D eigenvalue weighted by Gasteiger charge is 2.30. The molecule has 0 aliphatic rings. The van der Waals surface area contributed by atoms with Gasteiger partial charge >= 0.3 is 6.18 Å². The quantitative estimate of drug-likeness (QED) is 0.766. The number of amides is 1. The second-order valence-electron chi connectivity index (χ2n) is 5.71. The lowest BCUT2D eigenvalue weighted by atomic mass is 10.0. The van der Waals surface area contributed by atoms with Crippen LogP contribution in [0.25, 0.3) is 11.0 Å². The van der Waals surface area contributed by atoms with Gasteiger partial charge in [-0.05, 0) is 36.8 Å². The predicted octanol–water partition coefficient (Wildman–Crippen LogP) is 4.27. The van der Waals surface area contributed by atoms with E-state index in [0.29, 0.717) is 16.8 Å². The van der Waals surface area contributed by atoms with Crippen molar-refractivity contribution in [3.63, 3.8) is 0 Å². The fraction of sp³-hybridized carbons (Fsp3) is 0.222. The molecule has 0 fully saturated rings. The second kappa shape index (κ2) is 6.58. The van der Waals surface area contributed by atoms with Crippen LogP contribution in [-0.4, -0.2) is 11.1 Å². The molecule has 1 heterocycles. The van der Waals surface area contributed by atoms with E-state index in [2.05, 4.69) is 10.5 Å². The van der Waals surface area contributed by atoms with E-state index < -0.39 is 17.8 Å². The number of aromatic nitrogens is 1. The average Bonchev–Trinajstić information content (AvgIpc) is 2.97.